The van der Waals surface area contributed by atoms with E-state index in [0.29, 0.717) is 42.0 Å². The minimum absolute atomic E-state index is 0.0786. The molecule has 1 heterocycles. The summed E-state index contributed by atoms with van der Waals surface area (Å²) in [5.41, 5.74) is 3.21. The van der Waals surface area contributed by atoms with Gasteiger partial charge < -0.3 is 19.5 Å². The van der Waals surface area contributed by atoms with Crippen molar-refractivity contribution in [1.82, 2.24) is 5.32 Å². The summed E-state index contributed by atoms with van der Waals surface area (Å²) in [6, 6.07) is 18.1. The van der Waals surface area contributed by atoms with Gasteiger partial charge in [-0.05, 0) is 68.4 Å². The van der Waals surface area contributed by atoms with E-state index in [9.17, 15) is 19.2 Å². The molecule has 3 aromatic rings. The number of methoxy groups -OCH3 is 3. The molecule has 2 unspecified atom stereocenters. The Balaban J connectivity index is 1.60. The lowest BCUT2D eigenvalue weighted by atomic mass is 9.93. The number of anilines is 1. The first-order valence-corrected chi connectivity index (χ1v) is 13.9. The zero-order chi connectivity index (χ0) is 30.2. The number of fused-ring (bicyclic) bond motifs is 1. The van der Waals surface area contributed by atoms with Crippen LogP contribution in [0.25, 0.3) is 0 Å². The summed E-state index contributed by atoms with van der Waals surface area (Å²) < 4.78 is 15.8. The number of hydrogen-bond donors (Lipinski definition) is 1. The third-order valence-electron chi connectivity index (χ3n) is 7.58. The van der Waals surface area contributed by atoms with E-state index in [0.717, 1.165) is 17.5 Å². The number of benzene rings is 3. The van der Waals surface area contributed by atoms with Gasteiger partial charge in [0.15, 0.2) is 0 Å². The number of hydrogen-bond acceptors (Lipinski definition) is 7. The number of aryl methyl sites for hydroxylation is 2. The van der Waals surface area contributed by atoms with Crippen LogP contribution in [0.3, 0.4) is 0 Å². The van der Waals surface area contributed by atoms with Crippen molar-refractivity contribution in [3.05, 3.63) is 89.0 Å². The van der Waals surface area contributed by atoms with Gasteiger partial charge in [-0.2, -0.15) is 0 Å². The predicted molar refractivity (Wildman–Crippen MR) is 158 cm³/mol. The van der Waals surface area contributed by atoms with Crippen molar-refractivity contribution in [3.63, 3.8) is 0 Å². The quantitative estimate of drug-likeness (QED) is 0.208. The van der Waals surface area contributed by atoms with Crippen LogP contribution < -0.4 is 19.7 Å². The maximum absolute atomic E-state index is 13.9. The van der Waals surface area contributed by atoms with Gasteiger partial charge in [-0.3, -0.25) is 19.3 Å². The molecule has 1 aliphatic heterocycles. The number of ether oxygens (including phenoxy) is 3. The monoisotopic (exact) mass is 572 g/mol. The second-order valence-electron chi connectivity index (χ2n) is 10.2. The Labute approximate surface area is 245 Å². The first-order valence-electron chi connectivity index (χ1n) is 13.9. The lowest BCUT2D eigenvalue weighted by Gasteiger charge is -2.36. The Kier molecular flexibility index (Phi) is 9.96. The van der Waals surface area contributed by atoms with E-state index in [4.69, 9.17) is 14.2 Å². The number of nitrogens with one attached hydrogen (secondary N) is 1. The molecule has 0 aliphatic carbocycles. The molecule has 1 aliphatic rings. The predicted octanol–water partition coefficient (Wildman–Crippen LogP) is 4.22. The van der Waals surface area contributed by atoms with Crippen molar-refractivity contribution >= 4 is 29.3 Å². The zero-order valence-corrected chi connectivity index (χ0v) is 24.3. The molecule has 42 heavy (non-hydrogen) atoms. The normalized spacial score (nSPS) is 14.8. The summed E-state index contributed by atoms with van der Waals surface area (Å²) in [5, 5.41) is 2.80. The molecule has 0 bridgehead atoms. The van der Waals surface area contributed by atoms with Gasteiger partial charge in [-0.25, -0.2) is 4.79 Å². The number of amides is 2. The fourth-order valence-corrected chi connectivity index (χ4v) is 5.31. The van der Waals surface area contributed by atoms with Gasteiger partial charge in [0.2, 0.25) is 5.91 Å². The van der Waals surface area contributed by atoms with Gasteiger partial charge in [0.1, 0.15) is 23.6 Å². The lowest BCUT2D eigenvalue weighted by molar-refractivity contribution is -0.145. The summed E-state index contributed by atoms with van der Waals surface area (Å²) in [5.74, 6) is -1.98. The van der Waals surface area contributed by atoms with E-state index in [-0.39, 0.29) is 12.0 Å². The molecule has 3 aromatic carbocycles. The van der Waals surface area contributed by atoms with Crippen LogP contribution in [0.1, 0.15) is 46.3 Å². The van der Waals surface area contributed by atoms with Crippen LogP contribution in [0.2, 0.25) is 0 Å². The average molecular weight is 573 g/mol. The Morgan fingerprint density at radius 1 is 0.929 bits per heavy atom. The first-order chi connectivity index (χ1) is 20.3. The van der Waals surface area contributed by atoms with E-state index in [1.54, 1.807) is 19.1 Å². The van der Waals surface area contributed by atoms with Gasteiger partial charge in [-0.1, -0.05) is 48.5 Å². The highest BCUT2D eigenvalue weighted by Gasteiger charge is 2.40. The molecular weight excluding hydrogens is 536 g/mol. The molecule has 220 valence electrons. The van der Waals surface area contributed by atoms with Gasteiger partial charge >= 0.3 is 5.97 Å². The number of carbonyl (C=O) groups is 4. The maximum Gasteiger partial charge on any atom is 0.328 e. The largest absolute Gasteiger partial charge is 0.496 e. The molecule has 0 saturated carbocycles. The van der Waals surface area contributed by atoms with E-state index in [1.165, 1.54) is 38.4 Å². The fraction of sp³-hybridized carbons (Fsp3) is 0.333. The number of Topliss-reactive ketones (excluding diaryl/α,β-unsaturated/α-hetero) is 1. The summed E-state index contributed by atoms with van der Waals surface area (Å²) in [4.78, 5) is 55.1. The van der Waals surface area contributed by atoms with E-state index < -0.39 is 35.7 Å². The van der Waals surface area contributed by atoms with Crippen LogP contribution >= 0.6 is 0 Å². The SMILES string of the molecule is COC(=O)C(CCCc1ccccc1)NC(=O)C1CCc2ccccc2N1C(=O)C(=O)c1cc(OC)c(C)c(OC)c1. The minimum atomic E-state index is -1.01. The third kappa shape index (κ3) is 6.62. The number of para-hydroxylation sites is 1. The molecule has 9 heteroatoms. The topological polar surface area (TPSA) is 111 Å². The third-order valence-corrected chi connectivity index (χ3v) is 7.58. The summed E-state index contributed by atoms with van der Waals surface area (Å²) in [6.07, 6.45) is 2.52. The number of carbonyl (C=O) groups excluding carboxylic acids is 4. The summed E-state index contributed by atoms with van der Waals surface area (Å²) >= 11 is 0. The molecule has 0 saturated heterocycles. The second-order valence-corrected chi connectivity index (χ2v) is 10.2. The minimum Gasteiger partial charge on any atom is -0.496 e. The van der Waals surface area contributed by atoms with Crippen molar-refractivity contribution in [2.24, 2.45) is 0 Å². The van der Waals surface area contributed by atoms with Crippen LogP contribution in [0, 0.1) is 6.92 Å². The molecule has 0 radical (unpaired) electrons. The van der Waals surface area contributed by atoms with Crippen molar-refractivity contribution in [1.29, 1.82) is 0 Å². The summed E-state index contributed by atoms with van der Waals surface area (Å²) in [7, 11) is 4.21. The molecule has 0 aromatic heterocycles. The molecular formula is C33H36N2O7. The second kappa shape index (κ2) is 13.8. The highest BCUT2D eigenvalue weighted by Crippen LogP contribution is 2.33. The summed E-state index contributed by atoms with van der Waals surface area (Å²) in [6.45, 7) is 1.78. The maximum atomic E-state index is 13.9. The van der Waals surface area contributed by atoms with Crippen molar-refractivity contribution in [2.75, 3.05) is 26.2 Å². The number of ketones is 1. The Hall–Kier alpha value is -4.66. The zero-order valence-electron chi connectivity index (χ0n) is 24.3. The smallest absolute Gasteiger partial charge is 0.328 e. The van der Waals surface area contributed by atoms with Gasteiger partial charge in [-0.15, -0.1) is 0 Å². The highest BCUT2D eigenvalue weighted by molar-refractivity contribution is 6.48. The van der Waals surface area contributed by atoms with Gasteiger partial charge in [0.05, 0.1) is 21.3 Å². The fourth-order valence-electron chi connectivity index (χ4n) is 5.31. The Morgan fingerprint density at radius 2 is 1.57 bits per heavy atom. The van der Waals surface area contributed by atoms with Crippen LogP contribution in [0.4, 0.5) is 5.69 Å². The van der Waals surface area contributed by atoms with Gasteiger partial charge in [0, 0.05) is 16.8 Å². The standard InChI is InChI=1S/C33H36N2O7/c1-21-28(40-2)19-24(20-29(21)41-3)30(36)32(38)35-26-16-9-8-14-23(26)17-18-27(35)31(37)34-25(33(39)42-4)15-10-13-22-11-6-5-7-12-22/h5-9,11-12,14,16,19-20,25,27H,10,13,15,17-18H2,1-4H3,(H,34,37). The molecule has 2 atom stereocenters. The number of rotatable bonds is 11. The number of nitrogens with zero attached hydrogens (tertiary/aromatic N) is 1. The highest BCUT2D eigenvalue weighted by atomic mass is 16.5. The van der Waals surface area contributed by atoms with Crippen molar-refractivity contribution in [2.45, 2.75) is 51.1 Å². The molecule has 0 fully saturated rings. The van der Waals surface area contributed by atoms with Crippen molar-refractivity contribution < 1.29 is 33.4 Å². The van der Waals surface area contributed by atoms with Crippen LogP contribution in [-0.4, -0.2) is 57.0 Å². The van der Waals surface area contributed by atoms with E-state index in [2.05, 4.69) is 5.32 Å². The van der Waals surface area contributed by atoms with E-state index >= 15 is 0 Å². The van der Waals surface area contributed by atoms with Crippen LogP contribution in [0.15, 0.2) is 66.7 Å². The van der Waals surface area contributed by atoms with Crippen LogP contribution in [0.5, 0.6) is 11.5 Å². The number of esters is 1. The van der Waals surface area contributed by atoms with Crippen LogP contribution in [-0.2, 0) is 32.0 Å². The van der Waals surface area contributed by atoms with Gasteiger partial charge in [0.25, 0.3) is 11.7 Å². The molecule has 2 amide bonds. The molecule has 9 nitrogen and oxygen atoms in total. The Bertz CT molecular complexity index is 1430. The van der Waals surface area contributed by atoms with Crippen molar-refractivity contribution in [3.8, 4) is 11.5 Å². The lowest BCUT2D eigenvalue weighted by Crippen LogP contribution is -2.56. The first kappa shape index (κ1) is 30.3. The molecule has 0 spiro atoms. The Morgan fingerprint density at radius 3 is 2.21 bits per heavy atom. The molecule has 4 rings (SSSR count). The van der Waals surface area contributed by atoms with E-state index in [1.807, 2.05) is 42.5 Å². The molecule has 1 N–H and O–H groups in total. The average Bonchev–Trinajstić information content (AvgIpc) is 3.03.